The van der Waals surface area contributed by atoms with E-state index in [-0.39, 0.29) is 11.6 Å². The fourth-order valence-electron chi connectivity index (χ4n) is 3.40. The Morgan fingerprint density at radius 3 is 2.38 bits per heavy atom. The molecule has 1 aliphatic carbocycles. The van der Waals surface area contributed by atoms with Crippen LogP contribution in [0.2, 0.25) is 0 Å². The standard InChI is InChI=1S/C21H25F2N/c1-21(2)10-8-19(9-11-21)24-14-17-7-6-16(13-20(17)23)15-4-3-5-18(22)12-15/h3-7,12-13,19,24H,8-11,14H2,1-2H3. The molecule has 1 aliphatic rings. The van der Waals surface area contributed by atoms with Crippen molar-refractivity contribution in [1.82, 2.24) is 5.32 Å². The molecule has 128 valence electrons. The Hall–Kier alpha value is -1.74. The first-order valence-corrected chi connectivity index (χ1v) is 8.71. The highest BCUT2D eigenvalue weighted by molar-refractivity contribution is 5.63. The number of rotatable bonds is 4. The molecular weight excluding hydrogens is 304 g/mol. The van der Waals surface area contributed by atoms with Crippen molar-refractivity contribution in [2.24, 2.45) is 5.41 Å². The highest BCUT2D eigenvalue weighted by Crippen LogP contribution is 2.35. The molecule has 2 aromatic rings. The van der Waals surface area contributed by atoms with Crippen LogP contribution in [0.25, 0.3) is 11.1 Å². The number of halogens is 2. The molecule has 1 N–H and O–H groups in total. The predicted molar refractivity (Wildman–Crippen MR) is 94.7 cm³/mol. The SMILES string of the molecule is CC1(C)CCC(NCc2ccc(-c3cccc(F)c3)cc2F)CC1. The van der Waals surface area contributed by atoms with Crippen molar-refractivity contribution >= 4 is 0 Å². The van der Waals surface area contributed by atoms with Gasteiger partial charge in [0.25, 0.3) is 0 Å². The second-order valence-electron chi connectivity index (χ2n) is 7.64. The van der Waals surface area contributed by atoms with E-state index in [1.54, 1.807) is 18.2 Å². The van der Waals surface area contributed by atoms with Crippen molar-refractivity contribution in [3.8, 4) is 11.1 Å². The highest BCUT2D eigenvalue weighted by atomic mass is 19.1. The summed E-state index contributed by atoms with van der Waals surface area (Å²) in [5.74, 6) is -0.542. The molecular formula is C21H25F2N. The lowest BCUT2D eigenvalue weighted by molar-refractivity contribution is 0.205. The summed E-state index contributed by atoms with van der Waals surface area (Å²) in [5.41, 5.74) is 2.51. The minimum absolute atomic E-state index is 0.236. The highest BCUT2D eigenvalue weighted by Gasteiger charge is 2.26. The van der Waals surface area contributed by atoms with E-state index >= 15 is 0 Å². The van der Waals surface area contributed by atoms with Gasteiger partial charge in [-0.2, -0.15) is 0 Å². The maximum absolute atomic E-state index is 14.4. The van der Waals surface area contributed by atoms with Crippen molar-refractivity contribution in [3.05, 3.63) is 59.7 Å². The Labute approximate surface area is 143 Å². The van der Waals surface area contributed by atoms with Gasteiger partial charge in [0, 0.05) is 18.2 Å². The number of benzene rings is 2. The van der Waals surface area contributed by atoms with Gasteiger partial charge >= 0.3 is 0 Å². The maximum Gasteiger partial charge on any atom is 0.128 e. The molecule has 1 saturated carbocycles. The summed E-state index contributed by atoms with van der Waals surface area (Å²) >= 11 is 0. The van der Waals surface area contributed by atoms with Gasteiger partial charge in [0.15, 0.2) is 0 Å². The second-order valence-corrected chi connectivity index (χ2v) is 7.64. The molecule has 24 heavy (non-hydrogen) atoms. The molecule has 1 nitrogen and oxygen atoms in total. The smallest absolute Gasteiger partial charge is 0.128 e. The van der Waals surface area contributed by atoms with Crippen LogP contribution < -0.4 is 5.32 Å². The zero-order valence-corrected chi connectivity index (χ0v) is 14.4. The molecule has 0 radical (unpaired) electrons. The first-order valence-electron chi connectivity index (χ1n) is 8.71. The molecule has 0 bridgehead atoms. The molecule has 0 aromatic heterocycles. The largest absolute Gasteiger partial charge is 0.310 e. The molecule has 0 amide bonds. The van der Waals surface area contributed by atoms with Crippen LogP contribution in [0.5, 0.6) is 0 Å². The van der Waals surface area contributed by atoms with Crippen LogP contribution in [0.15, 0.2) is 42.5 Å². The molecule has 0 heterocycles. The Bertz CT molecular complexity index is 699. The molecule has 0 atom stereocenters. The lowest BCUT2D eigenvalue weighted by atomic mass is 9.75. The minimum Gasteiger partial charge on any atom is -0.310 e. The Morgan fingerprint density at radius 1 is 1.00 bits per heavy atom. The molecule has 0 unspecified atom stereocenters. The first kappa shape index (κ1) is 17.1. The normalized spacial score (nSPS) is 17.8. The molecule has 3 heteroatoms. The fourth-order valence-corrected chi connectivity index (χ4v) is 3.40. The third-order valence-corrected chi connectivity index (χ3v) is 5.13. The van der Waals surface area contributed by atoms with Crippen molar-refractivity contribution in [1.29, 1.82) is 0 Å². The average Bonchev–Trinajstić information content (AvgIpc) is 2.55. The Morgan fingerprint density at radius 2 is 1.71 bits per heavy atom. The van der Waals surface area contributed by atoms with Gasteiger partial charge in [0.05, 0.1) is 0 Å². The van der Waals surface area contributed by atoms with E-state index < -0.39 is 0 Å². The van der Waals surface area contributed by atoms with Gasteiger partial charge in [0.2, 0.25) is 0 Å². The maximum atomic E-state index is 14.4. The monoisotopic (exact) mass is 329 g/mol. The van der Waals surface area contributed by atoms with Gasteiger partial charge in [-0.15, -0.1) is 0 Å². The third-order valence-electron chi connectivity index (χ3n) is 5.13. The van der Waals surface area contributed by atoms with E-state index in [0.29, 0.717) is 34.7 Å². The van der Waals surface area contributed by atoms with Gasteiger partial charge in [-0.05, 0) is 60.4 Å². The van der Waals surface area contributed by atoms with Crippen LogP contribution in [0.3, 0.4) is 0 Å². The van der Waals surface area contributed by atoms with E-state index in [9.17, 15) is 8.78 Å². The summed E-state index contributed by atoms with van der Waals surface area (Å²) in [5, 5.41) is 3.48. The summed E-state index contributed by atoms with van der Waals surface area (Å²) < 4.78 is 27.7. The van der Waals surface area contributed by atoms with Crippen LogP contribution in [-0.2, 0) is 6.54 Å². The molecule has 2 aromatic carbocycles. The van der Waals surface area contributed by atoms with Crippen molar-refractivity contribution in [2.75, 3.05) is 0 Å². The van der Waals surface area contributed by atoms with Gasteiger partial charge in [-0.3, -0.25) is 0 Å². The molecule has 1 fully saturated rings. The van der Waals surface area contributed by atoms with Crippen molar-refractivity contribution < 1.29 is 8.78 Å². The summed E-state index contributed by atoms with van der Waals surface area (Å²) in [6, 6.07) is 11.9. The summed E-state index contributed by atoms with van der Waals surface area (Å²) in [7, 11) is 0. The van der Waals surface area contributed by atoms with Crippen LogP contribution in [0, 0.1) is 17.0 Å². The van der Waals surface area contributed by atoms with Gasteiger partial charge in [0.1, 0.15) is 11.6 Å². The molecule has 0 spiro atoms. The average molecular weight is 329 g/mol. The first-order chi connectivity index (χ1) is 11.4. The number of nitrogens with one attached hydrogen (secondary N) is 1. The Balaban J connectivity index is 1.63. The minimum atomic E-state index is -0.307. The summed E-state index contributed by atoms with van der Waals surface area (Å²) in [4.78, 5) is 0. The topological polar surface area (TPSA) is 12.0 Å². The van der Waals surface area contributed by atoms with E-state index in [0.717, 1.165) is 12.8 Å². The lowest BCUT2D eigenvalue weighted by Crippen LogP contribution is -2.35. The van der Waals surface area contributed by atoms with Crippen LogP contribution in [-0.4, -0.2) is 6.04 Å². The summed E-state index contributed by atoms with van der Waals surface area (Å²) in [6.07, 6.45) is 4.73. The van der Waals surface area contributed by atoms with Gasteiger partial charge in [-0.25, -0.2) is 8.78 Å². The zero-order valence-electron chi connectivity index (χ0n) is 14.4. The van der Waals surface area contributed by atoms with Crippen LogP contribution in [0.1, 0.15) is 45.1 Å². The lowest BCUT2D eigenvalue weighted by Gasteiger charge is -2.34. The quantitative estimate of drug-likeness (QED) is 0.760. The molecule has 0 saturated heterocycles. The zero-order chi connectivity index (χ0) is 17.2. The van der Waals surface area contributed by atoms with Gasteiger partial charge < -0.3 is 5.32 Å². The molecule has 0 aliphatic heterocycles. The third kappa shape index (κ3) is 4.21. The van der Waals surface area contributed by atoms with E-state index in [1.165, 1.54) is 31.0 Å². The van der Waals surface area contributed by atoms with Crippen LogP contribution >= 0.6 is 0 Å². The second kappa shape index (κ2) is 7.02. The van der Waals surface area contributed by atoms with Crippen LogP contribution in [0.4, 0.5) is 8.78 Å². The van der Waals surface area contributed by atoms with E-state index in [4.69, 9.17) is 0 Å². The molecule has 3 rings (SSSR count). The van der Waals surface area contributed by atoms with Gasteiger partial charge in [-0.1, -0.05) is 38.1 Å². The Kier molecular flexibility index (Phi) is 5.00. The summed E-state index contributed by atoms with van der Waals surface area (Å²) in [6.45, 7) is 5.17. The number of hydrogen-bond acceptors (Lipinski definition) is 1. The fraction of sp³-hybridized carbons (Fsp3) is 0.429. The number of hydrogen-bond donors (Lipinski definition) is 1. The van der Waals surface area contributed by atoms with E-state index in [1.807, 2.05) is 6.07 Å². The van der Waals surface area contributed by atoms with Crippen molar-refractivity contribution in [2.45, 2.75) is 52.1 Å². The predicted octanol–water partition coefficient (Wildman–Crippen LogP) is 5.69. The van der Waals surface area contributed by atoms with Crippen molar-refractivity contribution in [3.63, 3.8) is 0 Å². The van der Waals surface area contributed by atoms with E-state index in [2.05, 4.69) is 19.2 Å².